The predicted molar refractivity (Wildman–Crippen MR) is 83.9 cm³/mol. The zero-order valence-corrected chi connectivity index (χ0v) is 13.4. The van der Waals surface area contributed by atoms with Crippen LogP contribution in [0.2, 0.25) is 0 Å². The normalized spacial score (nSPS) is 11.9. The molecular weight excluding hydrogens is 308 g/mol. The molecule has 8 heteroatoms. The zero-order valence-electron chi connectivity index (χ0n) is 11.8. The monoisotopic (exact) mass is 324 g/mol. The van der Waals surface area contributed by atoms with Gasteiger partial charge in [-0.1, -0.05) is 30.3 Å². The highest BCUT2D eigenvalue weighted by atomic mass is 32.2. The SMILES string of the molecule is CCN(/C=N/S(=O)(=O)c1nc(-c2ccccc2)ns1)CC. The summed E-state index contributed by atoms with van der Waals surface area (Å²) < 4.78 is 31.8. The number of hydrogen-bond acceptors (Lipinski definition) is 5. The standard InChI is InChI=1S/C13H16N4O2S2/c1-3-17(4-2)10-14-21(18,19)13-15-12(16-20-13)11-8-6-5-7-9-11/h5-10H,3-4H2,1-2H3/b14-10+. The fourth-order valence-electron chi connectivity index (χ4n) is 1.58. The second kappa shape index (κ2) is 6.77. The lowest BCUT2D eigenvalue weighted by molar-refractivity contribution is 0.480. The van der Waals surface area contributed by atoms with Crippen LogP contribution in [-0.2, 0) is 10.0 Å². The molecule has 1 heterocycles. The Kier molecular flexibility index (Phi) is 5.03. The van der Waals surface area contributed by atoms with Crippen molar-refractivity contribution >= 4 is 27.9 Å². The lowest BCUT2D eigenvalue weighted by Crippen LogP contribution is -2.21. The highest BCUT2D eigenvalue weighted by Gasteiger charge is 2.19. The Morgan fingerprint density at radius 3 is 2.52 bits per heavy atom. The summed E-state index contributed by atoms with van der Waals surface area (Å²) in [5.41, 5.74) is 0.780. The van der Waals surface area contributed by atoms with E-state index >= 15 is 0 Å². The molecule has 0 saturated carbocycles. The van der Waals surface area contributed by atoms with Gasteiger partial charge in [0.25, 0.3) is 4.34 Å². The fraction of sp³-hybridized carbons (Fsp3) is 0.308. The number of rotatable bonds is 6. The molecule has 112 valence electrons. The molecule has 0 fully saturated rings. The second-order valence-electron chi connectivity index (χ2n) is 4.17. The highest BCUT2D eigenvalue weighted by Crippen LogP contribution is 2.21. The zero-order chi connectivity index (χ0) is 15.3. The molecule has 0 bridgehead atoms. The van der Waals surface area contributed by atoms with Crippen molar-refractivity contribution in [3.63, 3.8) is 0 Å². The lowest BCUT2D eigenvalue weighted by atomic mass is 10.2. The van der Waals surface area contributed by atoms with Crippen LogP contribution in [0.25, 0.3) is 11.4 Å². The molecule has 0 spiro atoms. The van der Waals surface area contributed by atoms with Gasteiger partial charge in [-0.15, -0.1) is 4.40 Å². The van der Waals surface area contributed by atoms with Gasteiger partial charge in [-0.25, -0.2) is 4.98 Å². The predicted octanol–water partition coefficient (Wildman–Crippen LogP) is 2.26. The molecule has 0 aliphatic carbocycles. The van der Waals surface area contributed by atoms with Crippen LogP contribution in [0.15, 0.2) is 39.1 Å². The van der Waals surface area contributed by atoms with Crippen molar-refractivity contribution in [1.29, 1.82) is 0 Å². The number of sulfonamides is 1. The minimum atomic E-state index is -3.79. The minimum absolute atomic E-state index is 0.0928. The Hall–Kier alpha value is -1.80. The van der Waals surface area contributed by atoms with Gasteiger partial charge in [-0.2, -0.15) is 12.8 Å². The van der Waals surface area contributed by atoms with Gasteiger partial charge in [0.05, 0.1) is 0 Å². The molecule has 0 aliphatic rings. The lowest BCUT2D eigenvalue weighted by Gasteiger charge is -2.12. The summed E-state index contributed by atoms with van der Waals surface area (Å²) in [6, 6.07) is 9.24. The maximum absolute atomic E-state index is 12.1. The average Bonchev–Trinajstić information content (AvgIpc) is 3.00. The topological polar surface area (TPSA) is 75.5 Å². The highest BCUT2D eigenvalue weighted by molar-refractivity contribution is 7.92. The Morgan fingerprint density at radius 2 is 1.90 bits per heavy atom. The maximum atomic E-state index is 12.1. The van der Waals surface area contributed by atoms with Crippen LogP contribution >= 0.6 is 11.5 Å². The largest absolute Gasteiger partial charge is 0.362 e. The first-order valence-corrected chi connectivity index (χ1v) is 8.71. The van der Waals surface area contributed by atoms with Gasteiger partial charge in [0.2, 0.25) is 0 Å². The van der Waals surface area contributed by atoms with Crippen molar-refractivity contribution in [1.82, 2.24) is 14.3 Å². The van der Waals surface area contributed by atoms with Gasteiger partial charge in [-0.3, -0.25) is 0 Å². The van der Waals surface area contributed by atoms with Gasteiger partial charge in [-0.05, 0) is 13.8 Å². The van der Waals surface area contributed by atoms with Crippen LogP contribution < -0.4 is 0 Å². The van der Waals surface area contributed by atoms with Gasteiger partial charge < -0.3 is 4.90 Å². The Bertz CT molecular complexity index is 707. The van der Waals surface area contributed by atoms with Crippen molar-refractivity contribution in [3.8, 4) is 11.4 Å². The molecular formula is C13H16N4O2S2. The van der Waals surface area contributed by atoms with Crippen molar-refractivity contribution in [2.24, 2.45) is 4.40 Å². The van der Waals surface area contributed by atoms with Crippen LogP contribution in [0.4, 0.5) is 0 Å². The van der Waals surface area contributed by atoms with E-state index in [-0.39, 0.29) is 4.34 Å². The second-order valence-corrected chi connectivity index (χ2v) is 6.72. The third kappa shape index (κ3) is 3.85. The van der Waals surface area contributed by atoms with E-state index < -0.39 is 10.0 Å². The van der Waals surface area contributed by atoms with Crippen molar-refractivity contribution in [3.05, 3.63) is 30.3 Å². The maximum Gasteiger partial charge on any atom is 0.312 e. The number of hydrogen-bond donors (Lipinski definition) is 0. The van der Waals surface area contributed by atoms with Crippen molar-refractivity contribution in [2.45, 2.75) is 18.2 Å². The van der Waals surface area contributed by atoms with Gasteiger partial charge in [0.1, 0.15) is 6.34 Å². The Morgan fingerprint density at radius 1 is 1.24 bits per heavy atom. The van der Waals surface area contributed by atoms with Crippen LogP contribution in [-0.4, -0.2) is 42.1 Å². The Labute approximate surface area is 128 Å². The molecule has 0 amide bonds. The minimum Gasteiger partial charge on any atom is -0.362 e. The molecule has 2 aromatic rings. The van der Waals surface area contributed by atoms with Gasteiger partial charge in [0.15, 0.2) is 5.82 Å². The summed E-state index contributed by atoms with van der Waals surface area (Å²) in [5, 5.41) is 0. The summed E-state index contributed by atoms with van der Waals surface area (Å²) in [7, 11) is -3.79. The first kappa shape index (κ1) is 15.6. The Balaban J connectivity index is 2.24. The smallest absolute Gasteiger partial charge is 0.312 e. The fourth-order valence-corrected chi connectivity index (χ4v) is 3.18. The van der Waals surface area contributed by atoms with E-state index in [1.165, 1.54) is 6.34 Å². The van der Waals surface area contributed by atoms with E-state index in [0.29, 0.717) is 18.9 Å². The van der Waals surface area contributed by atoms with Crippen molar-refractivity contribution < 1.29 is 8.42 Å². The molecule has 1 aromatic heterocycles. The number of benzene rings is 1. The first-order chi connectivity index (χ1) is 10.1. The molecule has 0 radical (unpaired) electrons. The summed E-state index contributed by atoms with van der Waals surface area (Å²) >= 11 is 0.837. The van der Waals surface area contributed by atoms with E-state index in [0.717, 1.165) is 17.1 Å². The van der Waals surface area contributed by atoms with E-state index in [2.05, 4.69) is 13.8 Å². The summed E-state index contributed by atoms with van der Waals surface area (Å²) in [6.45, 7) is 5.25. The van der Waals surface area contributed by atoms with Crippen LogP contribution in [0.5, 0.6) is 0 Å². The molecule has 21 heavy (non-hydrogen) atoms. The molecule has 0 N–H and O–H groups in total. The summed E-state index contributed by atoms with van der Waals surface area (Å²) in [5.74, 6) is 0.400. The van der Waals surface area contributed by atoms with E-state index in [1.54, 1.807) is 4.90 Å². The van der Waals surface area contributed by atoms with Crippen LogP contribution in [0, 0.1) is 0 Å². The molecule has 2 rings (SSSR count). The van der Waals surface area contributed by atoms with E-state index in [9.17, 15) is 8.42 Å². The molecule has 1 aromatic carbocycles. The molecule has 6 nitrogen and oxygen atoms in total. The third-order valence-electron chi connectivity index (χ3n) is 2.82. The van der Waals surface area contributed by atoms with Gasteiger partial charge >= 0.3 is 10.0 Å². The summed E-state index contributed by atoms with van der Waals surface area (Å²) in [6.07, 6.45) is 1.33. The van der Waals surface area contributed by atoms with Crippen LogP contribution in [0.1, 0.15) is 13.8 Å². The molecule has 0 aliphatic heterocycles. The number of aromatic nitrogens is 2. The quantitative estimate of drug-likeness (QED) is 0.602. The summed E-state index contributed by atoms with van der Waals surface area (Å²) in [4.78, 5) is 5.86. The van der Waals surface area contributed by atoms with Gasteiger partial charge in [0, 0.05) is 30.2 Å². The van der Waals surface area contributed by atoms with Crippen molar-refractivity contribution in [2.75, 3.05) is 13.1 Å². The third-order valence-corrected chi connectivity index (χ3v) is 5.09. The number of nitrogens with zero attached hydrogens (tertiary/aromatic N) is 4. The average molecular weight is 324 g/mol. The molecule has 0 atom stereocenters. The molecule has 0 unspecified atom stereocenters. The molecule has 0 saturated heterocycles. The van der Waals surface area contributed by atoms with E-state index in [4.69, 9.17) is 0 Å². The van der Waals surface area contributed by atoms with Crippen LogP contribution in [0.3, 0.4) is 0 Å². The first-order valence-electron chi connectivity index (χ1n) is 6.50. The van der Waals surface area contributed by atoms with E-state index in [1.807, 2.05) is 44.2 Å².